The number of aliphatic carboxylic acids is 1. The van der Waals surface area contributed by atoms with Crippen LogP contribution in [0.5, 0.6) is 0 Å². The Bertz CT molecular complexity index is 901. The lowest BCUT2D eigenvalue weighted by atomic mass is 9.95. The molecule has 0 aliphatic carbocycles. The van der Waals surface area contributed by atoms with Gasteiger partial charge in [0.25, 0.3) is 0 Å². The molecule has 2 aromatic carbocycles. The van der Waals surface area contributed by atoms with Gasteiger partial charge >= 0.3 is 5.97 Å². The number of fused-ring (bicyclic) bond motifs is 1. The SMILES string of the molecule is CC(C)C(NC(=O)Cc1ccc2ccccc2c1)C(=O)N1CCC(C(=O)O)CC1. The number of hydrogen-bond acceptors (Lipinski definition) is 3. The fourth-order valence-corrected chi connectivity index (χ4v) is 3.82. The summed E-state index contributed by atoms with van der Waals surface area (Å²) in [5, 5.41) is 14.2. The molecular formula is C23H28N2O4. The molecule has 0 aromatic heterocycles. The molecule has 2 amide bonds. The van der Waals surface area contributed by atoms with Crippen molar-refractivity contribution in [3.8, 4) is 0 Å². The number of carboxylic acids is 1. The molecule has 2 aromatic rings. The highest BCUT2D eigenvalue weighted by atomic mass is 16.4. The van der Waals surface area contributed by atoms with E-state index in [1.165, 1.54) is 0 Å². The van der Waals surface area contributed by atoms with Crippen LogP contribution in [0, 0.1) is 11.8 Å². The Hall–Kier alpha value is -2.89. The van der Waals surface area contributed by atoms with Crippen LogP contribution in [-0.4, -0.2) is 46.9 Å². The first-order valence-corrected chi connectivity index (χ1v) is 10.1. The second kappa shape index (κ2) is 9.07. The number of nitrogens with one attached hydrogen (secondary N) is 1. The van der Waals surface area contributed by atoms with Gasteiger partial charge in [0.2, 0.25) is 11.8 Å². The van der Waals surface area contributed by atoms with Crippen molar-refractivity contribution < 1.29 is 19.5 Å². The van der Waals surface area contributed by atoms with Crippen LogP contribution >= 0.6 is 0 Å². The van der Waals surface area contributed by atoms with E-state index in [1.807, 2.05) is 56.3 Å². The minimum absolute atomic E-state index is 0.0553. The van der Waals surface area contributed by atoms with Crippen molar-refractivity contribution in [2.24, 2.45) is 11.8 Å². The number of likely N-dealkylation sites (tertiary alicyclic amines) is 1. The Morgan fingerprint density at radius 3 is 2.34 bits per heavy atom. The van der Waals surface area contributed by atoms with Crippen LogP contribution in [0.3, 0.4) is 0 Å². The Labute approximate surface area is 170 Å². The third-order valence-corrected chi connectivity index (χ3v) is 5.58. The molecule has 1 aliphatic rings. The largest absolute Gasteiger partial charge is 0.481 e. The monoisotopic (exact) mass is 396 g/mol. The van der Waals surface area contributed by atoms with Crippen LogP contribution in [0.1, 0.15) is 32.3 Å². The first kappa shape index (κ1) is 20.8. The number of carbonyl (C=O) groups excluding carboxylic acids is 2. The maximum atomic E-state index is 12.9. The summed E-state index contributed by atoms with van der Waals surface area (Å²) in [7, 11) is 0. The molecule has 3 rings (SSSR count). The maximum Gasteiger partial charge on any atom is 0.306 e. The van der Waals surface area contributed by atoms with Gasteiger partial charge in [-0.3, -0.25) is 14.4 Å². The molecule has 0 saturated carbocycles. The van der Waals surface area contributed by atoms with Gasteiger partial charge < -0.3 is 15.3 Å². The molecule has 1 atom stereocenters. The molecule has 0 radical (unpaired) electrons. The van der Waals surface area contributed by atoms with Gasteiger partial charge in [0.1, 0.15) is 6.04 Å². The first-order valence-electron chi connectivity index (χ1n) is 10.1. The predicted molar refractivity (Wildman–Crippen MR) is 111 cm³/mol. The number of carboxylic acid groups (broad SMARTS) is 1. The summed E-state index contributed by atoms with van der Waals surface area (Å²) >= 11 is 0. The number of piperidine rings is 1. The van der Waals surface area contributed by atoms with Crippen molar-refractivity contribution in [3.63, 3.8) is 0 Å². The van der Waals surface area contributed by atoms with Gasteiger partial charge in [-0.1, -0.05) is 56.3 Å². The highest BCUT2D eigenvalue weighted by Crippen LogP contribution is 2.20. The van der Waals surface area contributed by atoms with E-state index in [0.717, 1.165) is 16.3 Å². The van der Waals surface area contributed by atoms with Crippen LogP contribution in [-0.2, 0) is 20.8 Å². The average molecular weight is 396 g/mol. The fourth-order valence-electron chi connectivity index (χ4n) is 3.82. The lowest BCUT2D eigenvalue weighted by molar-refractivity contribution is -0.146. The van der Waals surface area contributed by atoms with E-state index in [0.29, 0.717) is 25.9 Å². The molecule has 1 saturated heterocycles. The highest BCUT2D eigenvalue weighted by molar-refractivity contribution is 5.90. The molecule has 2 N–H and O–H groups in total. The fraction of sp³-hybridized carbons (Fsp3) is 0.435. The standard InChI is InChI=1S/C23H28N2O4/c1-15(2)21(22(27)25-11-9-18(10-12-25)23(28)29)24-20(26)14-16-7-8-17-5-3-4-6-19(17)13-16/h3-8,13,15,18,21H,9-12,14H2,1-2H3,(H,24,26)(H,28,29). The van der Waals surface area contributed by atoms with Crippen molar-refractivity contribution in [1.82, 2.24) is 10.2 Å². The third kappa shape index (κ3) is 5.13. The van der Waals surface area contributed by atoms with Crippen LogP contribution < -0.4 is 5.32 Å². The summed E-state index contributed by atoms with van der Waals surface area (Å²) in [5.41, 5.74) is 0.901. The Morgan fingerprint density at radius 1 is 1.07 bits per heavy atom. The minimum Gasteiger partial charge on any atom is -0.481 e. The van der Waals surface area contributed by atoms with Gasteiger partial charge in [-0.15, -0.1) is 0 Å². The Balaban J connectivity index is 1.62. The number of carbonyl (C=O) groups is 3. The molecule has 6 nitrogen and oxygen atoms in total. The first-order chi connectivity index (χ1) is 13.8. The van der Waals surface area contributed by atoms with E-state index in [2.05, 4.69) is 5.32 Å². The van der Waals surface area contributed by atoms with Crippen LogP contribution in [0.25, 0.3) is 10.8 Å². The van der Waals surface area contributed by atoms with E-state index < -0.39 is 12.0 Å². The number of benzene rings is 2. The summed E-state index contributed by atoms with van der Waals surface area (Å²) < 4.78 is 0. The van der Waals surface area contributed by atoms with Crippen LogP contribution in [0.4, 0.5) is 0 Å². The molecule has 1 heterocycles. The molecule has 1 unspecified atom stereocenters. The Morgan fingerprint density at radius 2 is 1.72 bits per heavy atom. The summed E-state index contributed by atoms with van der Waals surface area (Å²) in [6.45, 7) is 4.64. The van der Waals surface area contributed by atoms with E-state index >= 15 is 0 Å². The van der Waals surface area contributed by atoms with E-state index in [9.17, 15) is 14.4 Å². The van der Waals surface area contributed by atoms with Crippen molar-refractivity contribution in [3.05, 3.63) is 48.0 Å². The average Bonchev–Trinajstić information content (AvgIpc) is 2.71. The predicted octanol–water partition coefficient (Wildman–Crippen LogP) is 2.85. The number of amides is 2. The second-order valence-corrected chi connectivity index (χ2v) is 8.09. The van der Waals surface area contributed by atoms with Crippen molar-refractivity contribution in [2.75, 3.05) is 13.1 Å². The van der Waals surface area contributed by atoms with Gasteiger partial charge in [-0.2, -0.15) is 0 Å². The van der Waals surface area contributed by atoms with Crippen molar-refractivity contribution >= 4 is 28.6 Å². The molecule has 154 valence electrons. The van der Waals surface area contributed by atoms with Crippen molar-refractivity contribution in [1.29, 1.82) is 0 Å². The molecule has 0 spiro atoms. The summed E-state index contributed by atoms with van der Waals surface area (Å²) in [6, 6.07) is 13.3. The zero-order valence-corrected chi connectivity index (χ0v) is 16.9. The topological polar surface area (TPSA) is 86.7 Å². The zero-order chi connectivity index (χ0) is 21.0. The van der Waals surface area contributed by atoms with Gasteiger partial charge in [0.05, 0.1) is 12.3 Å². The third-order valence-electron chi connectivity index (χ3n) is 5.58. The molecular weight excluding hydrogens is 368 g/mol. The van der Waals surface area contributed by atoms with Gasteiger partial charge in [-0.25, -0.2) is 0 Å². The van der Waals surface area contributed by atoms with Gasteiger partial charge in [0.15, 0.2) is 0 Å². The van der Waals surface area contributed by atoms with Gasteiger partial charge in [-0.05, 0) is 35.1 Å². The molecule has 6 heteroatoms. The van der Waals surface area contributed by atoms with E-state index in [4.69, 9.17) is 5.11 Å². The normalized spacial score (nSPS) is 16.0. The molecule has 1 fully saturated rings. The summed E-state index contributed by atoms with van der Waals surface area (Å²) in [4.78, 5) is 38.4. The minimum atomic E-state index is -0.804. The molecule has 1 aliphatic heterocycles. The second-order valence-electron chi connectivity index (χ2n) is 8.09. The van der Waals surface area contributed by atoms with Gasteiger partial charge in [0, 0.05) is 13.1 Å². The number of nitrogens with zero attached hydrogens (tertiary/aromatic N) is 1. The van der Waals surface area contributed by atoms with Crippen molar-refractivity contribution in [2.45, 2.75) is 39.2 Å². The quantitative estimate of drug-likeness (QED) is 0.786. The maximum absolute atomic E-state index is 12.9. The summed E-state index contributed by atoms with van der Waals surface area (Å²) in [6.07, 6.45) is 1.12. The summed E-state index contributed by atoms with van der Waals surface area (Å²) in [5.74, 6) is -1.57. The van der Waals surface area contributed by atoms with E-state index in [-0.39, 0.29) is 30.1 Å². The van der Waals surface area contributed by atoms with E-state index in [1.54, 1.807) is 4.90 Å². The number of hydrogen-bond donors (Lipinski definition) is 2. The van der Waals surface area contributed by atoms with Crippen LogP contribution in [0.2, 0.25) is 0 Å². The highest BCUT2D eigenvalue weighted by Gasteiger charge is 2.32. The zero-order valence-electron chi connectivity index (χ0n) is 16.9. The Kier molecular flexibility index (Phi) is 6.52. The lowest BCUT2D eigenvalue weighted by Gasteiger charge is -2.34. The lowest BCUT2D eigenvalue weighted by Crippen LogP contribution is -2.53. The van der Waals surface area contributed by atoms with Crippen LogP contribution in [0.15, 0.2) is 42.5 Å². The number of rotatable bonds is 6. The molecule has 29 heavy (non-hydrogen) atoms. The molecule has 0 bridgehead atoms. The smallest absolute Gasteiger partial charge is 0.306 e.